The molecule has 2 aliphatic heterocycles. The van der Waals surface area contributed by atoms with Crippen molar-refractivity contribution in [2.24, 2.45) is 5.73 Å². The second-order valence-electron chi connectivity index (χ2n) is 14.1. The van der Waals surface area contributed by atoms with Crippen molar-refractivity contribution in [1.29, 1.82) is 0 Å². The molecule has 15 heteroatoms. The minimum atomic E-state index is -2.66. The molecule has 0 aromatic heterocycles. The van der Waals surface area contributed by atoms with Gasteiger partial charge in [-0.2, -0.15) is 0 Å². The largest absolute Gasteiger partial charge is 0.509 e. The topological polar surface area (TPSA) is 203 Å². The number of hydrogen-bond donors (Lipinski definition) is 4. The maximum atomic E-state index is 14.1. The fourth-order valence-corrected chi connectivity index (χ4v) is 7.49. The van der Waals surface area contributed by atoms with Crippen molar-refractivity contribution >= 4 is 30.2 Å². The van der Waals surface area contributed by atoms with Gasteiger partial charge in [-0.15, -0.1) is 0 Å². The van der Waals surface area contributed by atoms with E-state index in [2.05, 4.69) is 16.0 Å². The summed E-state index contributed by atoms with van der Waals surface area (Å²) < 4.78 is 35.2. The number of esters is 1. The lowest BCUT2D eigenvalue weighted by molar-refractivity contribution is -0.273. The molecule has 290 valence electrons. The lowest BCUT2D eigenvalue weighted by atomic mass is 9.89. The van der Waals surface area contributed by atoms with Gasteiger partial charge in [-0.3, -0.25) is 4.79 Å². The number of rotatable bonds is 11. The predicted molar refractivity (Wildman–Crippen MR) is 191 cm³/mol. The first kappa shape index (κ1) is 38.4. The van der Waals surface area contributed by atoms with Crippen molar-refractivity contribution in [3.05, 3.63) is 83.6 Å². The number of hydrogen-bond acceptors (Lipinski definition) is 12. The number of carbonyl (C=O) groups is 5. The van der Waals surface area contributed by atoms with E-state index in [1.807, 2.05) is 36.4 Å². The van der Waals surface area contributed by atoms with E-state index in [9.17, 15) is 24.0 Å². The van der Waals surface area contributed by atoms with Crippen LogP contribution < -0.4 is 21.7 Å². The van der Waals surface area contributed by atoms with E-state index >= 15 is 0 Å². The second kappa shape index (κ2) is 17.7. The van der Waals surface area contributed by atoms with E-state index in [1.165, 1.54) is 13.0 Å². The highest BCUT2D eigenvalue weighted by Crippen LogP contribution is 2.38. The van der Waals surface area contributed by atoms with Crippen LogP contribution in [0.5, 0.6) is 0 Å². The van der Waals surface area contributed by atoms with Crippen LogP contribution in [0.2, 0.25) is 0 Å². The van der Waals surface area contributed by atoms with Gasteiger partial charge in [0.2, 0.25) is 23.9 Å². The van der Waals surface area contributed by atoms with Gasteiger partial charge in [0, 0.05) is 19.0 Å². The molecular weight excluding hydrogens is 700 g/mol. The monoisotopic (exact) mass is 748 g/mol. The van der Waals surface area contributed by atoms with Crippen LogP contribution in [0.1, 0.15) is 88.4 Å². The Morgan fingerprint density at radius 3 is 1.74 bits per heavy atom. The molecule has 4 aliphatic rings. The van der Waals surface area contributed by atoms with Gasteiger partial charge in [-0.05, 0) is 42.9 Å². The Labute approximate surface area is 313 Å². The van der Waals surface area contributed by atoms with Crippen LogP contribution in [0.4, 0.5) is 14.4 Å². The summed E-state index contributed by atoms with van der Waals surface area (Å²) in [7, 11) is 0. The van der Waals surface area contributed by atoms with E-state index in [4.69, 9.17) is 34.2 Å². The molecule has 0 bridgehead atoms. The summed E-state index contributed by atoms with van der Waals surface area (Å²) in [6, 6.07) is 15.1. The smallest absolute Gasteiger partial charge is 0.473 e. The number of nitrogens with one attached hydrogen (secondary N) is 3. The van der Waals surface area contributed by atoms with Gasteiger partial charge in [0.1, 0.15) is 6.61 Å². The average molecular weight is 749 g/mol. The van der Waals surface area contributed by atoms with Gasteiger partial charge in [0.05, 0.1) is 12.1 Å². The molecular formula is C39H48N4O11. The van der Waals surface area contributed by atoms with Crippen LogP contribution in [0.3, 0.4) is 0 Å². The fourth-order valence-electron chi connectivity index (χ4n) is 7.49. The van der Waals surface area contributed by atoms with Crippen molar-refractivity contribution in [2.45, 2.75) is 119 Å². The van der Waals surface area contributed by atoms with Gasteiger partial charge in [0.25, 0.3) is 0 Å². The summed E-state index contributed by atoms with van der Waals surface area (Å²) in [6.45, 7) is 0.691. The first-order chi connectivity index (χ1) is 26.1. The predicted octanol–water partition coefficient (Wildman–Crippen LogP) is 4.78. The molecule has 3 amide bonds. The lowest BCUT2D eigenvalue weighted by Crippen LogP contribution is -2.71. The van der Waals surface area contributed by atoms with Crippen LogP contribution in [-0.2, 0) is 38.0 Å². The van der Waals surface area contributed by atoms with E-state index in [0.29, 0.717) is 36.8 Å². The van der Waals surface area contributed by atoms with E-state index in [-0.39, 0.29) is 12.1 Å². The Balaban J connectivity index is 1.38. The van der Waals surface area contributed by atoms with E-state index < -0.39 is 78.8 Å². The highest BCUT2D eigenvalue weighted by Gasteiger charge is 2.64. The maximum Gasteiger partial charge on any atom is 0.509 e. The Hall–Kier alpha value is -5.31. The molecule has 2 aliphatic carbocycles. The van der Waals surface area contributed by atoms with Crippen LogP contribution in [0, 0.1) is 0 Å². The summed E-state index contributed by atoms with van der Waals surface area (Å²) in [5.74, 6) is -4.61. The summed E-state index contributed by atoms with van der Waals surface area (Å²) in [5.41, 5.74) is 7.99. The zero-order chi connectivity index (χ0) is 38.1. The summed E-state index contributed by atoms with van der Waals surface area (Å²) in [6.07, 6.45) is 2.18. The number of benzene rings is 2. The van der Waals surface area contributed by atoms with Crippen molar-refractivity contribution in [3.63, 3.8) is 0 Å². The highest BCUT2D eigenvalue weighted by atomic mass is 16.8. The third-order valence-corrected chi connectivity index (χ3v) is 10.1. The summed E-state index contributed by atoms with van der Waals surface area (Å²) >= 11 is 0. The van der Waals surface area contributed by atoms with Crippen LogP contribution in [0.25, 0.3) is 0 Å². The number of nitrogens with two attached hydrogens (primary N) is 1. The minimum Gasteiger partial charge on any atom is -0.473 e. The van der Waals surface area contributed by atoms with Crippen LogP contribution in [0.15, 0.2) is 72.5 Å². The molecule has 2 heterocycles. The molecule has 0 unspecified atom stereocenters. The lowest BCUT2D eigenvalue weighted by Gasteiger charge is -2.46. The van der Waals surface area contributed by atoms with Crippen molar-refractivity contribution in [3.8, 4) is 0 Å². The van der Waals surface area contributed by atoms with Crippen LogP contribution >= 0.6 is 0 Å². The number of cyclic esters (lactones) is 2. The third kappa shape index (κ3) is 9.43. The Morgan fingerprint density at radius 1 is 0.759 bits per heavy atom. The normalized spacial score (nSPS) is 23.5. The number of ether oxygens (including phenoxy) is 6. The molecule has 54 heavy (non-hydrogen) atoms. The van der Waals surface area contributed by atoms with Crippen LogP contribution in [-0.4, -0.2) is 79.0 Å². The number of carbonyl (C=O) groups excluding carboxylic acids is 5. The first-order valence-corrected chi connectivity index (χ1v) is 18.7. The molecule has 0 radical (unpaired) electrons. The second-order valence-corrected chi connectivity index (χ2v) is 14.1. The Morgan fingerprint density at radius 2 is 1.28 bits per heavy atom. The molecule has 0 spiro atoms. The zero-order valence-electron chi connectivity index (χ0n) is 30.2. The quantitative estimate of drug-likeness (QED) is 0.139. The molecule has 5 N–H and O–H groups in total. The highest BCUT2D eigenvalue weighted by molar-refractivity contribution is 5.87. The summed E-state index contributed by atoms with van der Waals surface area (Å²) in [5, 5.41) is 8.35. The standard InChI is InChI=1S/C39H48N4O11/c1-24(44)41-32-29(40)22-30(35(45)52-33(25-14-6-2-7-15-25)26-16-8-3-9-17-26)50-34(32)39(31-23-49-38(48)51-31,53-36(46)42-27-18-10-4-11-19-27)54-37(47)43-28-20-12-5-13-21-28/h2-3,6-9,14-17,22,27-29,31-34H,4-5,10-13,18-21,23,40H2,1H3,(H,41,44)(H,42,46)(H,43,47)/t29-,31+,32+,34-/m0/s1. The molecule has 4 atom stereocenters. The van der Waals surface area contributed by atoms with Crippen molar-refractivity contribution in [2.75, 3.05) is 6.61 Å². The molecule has 6 rings (SSSR count). The molecule has 2 aromatic rings. The minimum absolute atomic E-state index is 0.249. The van der Waals surface area contributed by atoms with E-state index in [1.54, 1.807) is 24.3 Å². The van der Waals surface area contributed by atoms with Gasteiger partial charge < -0.3 is 50.1 Å². The SMILES string of the molecule is CC(=O)N[C@@H]1[C@@H](N)C=C(C(=O)OC(c2ccccc2)c2ccccc2)O[C@@H]1C(OC(=O)NC1CCCCC1)(OC(=O)NC1CCCCC1)[C@H]1COC(=O)O1. The van der Waals surface area contributed by atoms with Crippen molar-refractivity contribution < 1.29 is 52.4 Å². The summed E-state index contributed by atoms with van der Waals surface area (Å²) in [4.78, 5) is 67.0. The Kier molecular flexibility index (Phi) is 12.6. The number of alkyl carbamates (subject to hydrolysis) is 2. The van der Waals surface area contributed by atoms with E-state index in [0.717, 1.165) is 38.5 Å². The first-order valence-electron chi connectivity index (χ1n) is 18.7. The van der Waals surface area contributed by atoms with Gasteiger partial charge in [0.15, 0.2) is 6.10 Å². The van der Waals surface area contributed by atoms with Gasteiger partial charge >= 0.3 is 30.1 Å². The number of amides is 3. The fraction of sp³-hybridized carbons (Fsp3) is 0.513. The Bertz CT molecular complexity index is 1590. The zero-order valence-corrected chi connectivity index (χ0v) is 30.2. The van der Waals surface area contributed by atoms with Gasteiger partial charge in [-0.1, -0.05) is 99.2 Å². The third-order valence-electron chi connectivity index (χ3n) is 10.1. The van der Waals surface area contributed by atoms with Gasteiger partial charge in [-0.25, -0.2) is 19.2 Å². The maximum absolute atomic E-state index is 14.1. The molecule has 1 saturated heterocycles. The molecule has 2 saturated carbocycles. The molecule has 2 aromatic carbocycles. The molecule has 15 nitrogen and oxygen atoms in total. The van der Waals surface area contributed by atoms with Crippen molar-refractivity contribution in [1.82, 2.24) is 16.0 Å². The molecule has 3 fully saturated rings. The average Bonchev–Trinajstić information content (AvgIpc) is 3.62.